The Kier molecular flexibility index (Phi) is 5.12. The number of carbonyl (C=O) groups excluding carboxylic acids is 1. The summed E-state index contributed by atoms with van der Waals surface area (Å²) in [5, 5.41) is 0. The van der Waals surface area contributed by atoms with Crippen molar-refractivity contribution in [3.63, 3.8) is 0 Å². The fourth-order valence-corrected chi connectivity index (χ4v) is 1.85. The van der Waals surface area contributed by atoms with Crippen molar-refractivity contribution in [3.8, 4) is 0 Å². The fraction of sp³-hybridized carbons (Fsp3) is 0.909. The van der Waals surface area contributed by atoms with Crippen molar-refractivity contribution in [3.05, 3.63) is 0 Å². The molecular weight excluding hydrogens is 178 g/mol. The highest BCUT2D eigenvalue weighted by Crippen LogP contribution is 2.15. The van der Waals surface area contributed by atoms with Gasteiger partial charge >= 0.3 is 0 Å². The van der Waals surface area contributed by atoms with Gasteiger partial charge in [-0.3, -0.25) is 9.69 Å². The summed E-state index contributed by atoms with van der Waals surface area (Å²) >= 11 is 0. The molecule has 0 saturated carbocycles. The Morgan fingerprint density at radius 2 is 2.07 bits per heavy atom. The second kappa shape index (κ2) is 6.14. The molecule has 0 aliphatic carbocycles. The summed E-state index contributed by atoms with van der Waals surface area (Å²) < 4.78 is 5.30. The molecule has 82 valence electrons. The number of Topliss-reactive ketones (excluding diaryl/α,β-unsaturated/α-hetero) is 1. The number of carbonyl (C=O) groups is 1. The summed E-state index contributed by atoms with van der Waals surface area (Å²) in [6, 6.07) is 0. The molecule has 1 heterocycles. The van der Waals surface area contributed by atoms with E-state index in [1.165, 1.54) is 0 Å². The highest BCUT2D eigenvalue weighted by atomic mass is 16.5. The second-order valence-electron chi connectivity index (χ2n) is 4.14. The van der Waals surface area contributed by atoms with Crippen LogP contribution in [0.5, 0.6) is 0 Å². The summed E-state index contributed by atoms with van der Waals surface area (Å²) in [6.07, 6.45) is 2.94. The number of rotatable bonds is 5. The molecule has 3 heteroatoms. The van der Waals surface area contributed by atoms with Gasteiger partial charge in [0.15, 0.2) is 0 Å². The summed E-state index contributed by atoms with van der Waals surface area (Å²) in [4.78, 5) is 13.3. The average molecular weight is 199 g/mol. The Morgan fingerprint density at radius 1 is 1.43 bits per heavy atom. The van der Waals surface area contributed by atoms with Crippen molar-refractivity contribution < 1.29 is 9.53 Å². The number of hydrogen-bond donors (Lipinski definition) is 0. The smallest absolute Gasteiger partial charge is 0.146 e. The first kappa shape index (κ1) is 11.7. The molecule has 0 aromatic carbocycles. The number of hydrogen-bond acceptors (Lipinski definition) is 3. The molecule has 0 unspecified atom stereocenters. The van der Waals surface area contributed by atoms with Gasteiger partial charge in [0, 0.05) is 26.2 Å². The lowest BCUT2D eigenvalue weighted by Crippen LogP contribution is -2.33. The molecule has 0 spiro atoms. The van der Waals surface area contributed by atoms with Crippen molar-refractivity contribution in [2.45, 2.75) is 26.2 Å². The van der Waals surface area contributed by atoms with Gasteiger partial charge in [-0.05, 0) is 25.8 Å². The van der Waals surface area contributed by atoms with Gasteiger partial charge in [-0.25, -0.2) is 0 Å². The molecule has 0 N–H and O–H groups in total. The van der Waals surface area contributed by atoms with Crippen LogP contribution in [0.15, 0.2) is 0 Å². The highest BCUT2D eigenvalue weighted by Gasteiger charge is 2.16. The Morgan fingerprint density at radius 3 is 2.64 bits per heavy atom. The number of likely N-dealkylation sites (N-methyl/N-ethyl adjacent to an activating group) is 1. The zero-order valence-electron chi connectivity index (χ0n) is 9.29. The topological polar surface area (TPSA) is 29.5 Å². The van der Waals surface area contributed by atoms with Crippen LogP contribution in [0.3, 0.4) is 0 Å². The van der Waals surface area contributed by atoms with Crippen LogP contribution in [0.2, 0.25) is 0 Å². The quantitative estimate of drug-likeness (QED) is 0.669. The Labute approximate surface area is 86.4 Å². The van der Waals surface area contributed by atoms with Gasteiger partial charge in [-0.15, -0.1) is 0 Å². The van der Waals surface area contributed by atoms with E-state index in [1.54, 1.807) is 0 Å². The van der Waals surface area contributed by atoms with E-state index in [1.807, 2.05) is 14.0 Å². The van der Waals surface area contributed by atoms with Crippen LogP contribution < -0.4 is 0 Å². The maximum absolute atomic E-state index is 11.2. The number of ketones is 1. The first-order valence-corrected chi connectivity index (χ1v) is 5.50. The van der Waals surface area contributed by atoms with Gasteiger partial charge in [0.2, 0.25) is 0 Å². The average Bonchev–Trinajstić information content (AvgIpc) is 2.19. The van der Waals surface area contributed by atoms with E-state index >= 15 is 0 Å². The molecule has 0 radical (unpaired) electrons. The third-order valence-electron chi connectivity index (χ3n) is 2.75. The third-order valence-corrected chi connectivity index (χ3v) is 2.75. The minimum Gasteiger partial charge on any atom is -0.381 e. The summed E-state index contributed by atoms with van der Waals surface area (Å²) in [5.41, 5.74) is 0. The standard InChI is InChI=1S/C11H21NO2/c1-3-11(13)9-12(2)8-10-4-6-14-7-5-10/h10H,3-9H2,1-2H3. The van der Waals surface area contributed by atoms with E-state index in [4.69, 9.17) is 4.74 Å². The maximum Gasteiger partial charge on any atom is 0.146 e. The molecule has 14 heavy (non-hydrogen) atoms. The zero-order chi connectivity index (χ0) is 10.4. The molecular formula is C11H21NO2. The zero-order valence-corrected chi connectivity index (χ0v) is 9.29. The summed E-state index contributed by atoms with van der Waals surface area (Å²) in [7, 11) is 2.03. The summed E-state index contributed by atoms with van der Waals surface area (Å²) in [6.45, 7) is 5.34. The van der Waals surface area contributed by atoms with Crippen molar-refractivity contribution >= 4 is 5.78 Å². The van der Waals surface area contributed by atoms with Crippen LogP contribution >= 0.6 is 0 Å². The van der Waals surface area contributed by atoms with Crippen LogP contribution in [-0.4, -0.2) is 44.0 Å². The SMILES string of the molecule is CCC(=O)CN(C)CC1CCOCC1. The van der Waals surface area contributed by atoms with Crippen LogP contribution in [0.4, 0.5) is 0 Å². The van der Waals surface area contributed by atoms with Gasteiger partial charge < -0.3 is 4.74 Å². The predicted molar refractivity (Wildman–Crippen MR) is 56.3 cm³/mol. The number of ether oxygens (including phenoxy) is 1. The normalized spacial score (nSPS) is 18.8. The van der Waals surface area contributed by atoms with Crippen molar-refractivity contribution in [2.75, 3.05) is 33.4 Å². The lowest BCUT2D eigenvalue weighted by Gasteiger charge is -2.26. The molecule has 1 fully saturated rings. The van der Waals surface area contributed by atoms with Gasteiger partial charge in [-0.1, -0.05) is 6.92 Å². The van der Waals surface area contributed by atoms with Crippen molar-refractivity contribution in [1.29, 1.82) is 0 Å². The Bertz CT molecular complexity index is 176. The molecule has 0 atom stereocenters. The molecule has 0 aromatic rings. The van der Waals surface area contributed by atoms with E-state index in [9.17, 15) is 4.79 Å². The van der Waals surface area contributed by atoms with Crippen LogP contribution in [0.1, 0.15) is 26.2 Å². The molecule has 1 aliphatic heterocycles. The maximum atomic E-state index is 11.2. The van der Waals surface area contributed by atoms with Crippen LogP contribution in [-0.2, 0) is 9.53 Å². The molecule has 1 rings (SSSR count). The van der Waals surface area contributed by atoms with E-state index in [0.717, 1.165) is 38.5 Å². The first-order chi connectivity index (χ1) is 6.72. The third kappa shape index (κ3) is 4.20. The van der Waals surface area contributed by atoms with Gasteiger partial charge in [0.1, 0.15) is 5.78 Å². The van der Waals surface area contributed by atoms with Crippen molar-refractivity contribution in [1.82, 2.24) is 4.90 Å². The van der Waals surface area contributed by atoms with E-state index in [2.05, 4.69) is 4.90 Å². The van der Waals surface area contributed by atoms with Gasteiger partial charge in [0.25, 0.3) is 0 Å². The molecule has 0 bridgehead atoms. The van der Waals surface area contributed by atoms with Crippen LogP contribution in [0, 0.1) is 5.92 Å². The van der Waals surface area contributed by atoms with Gasteiger partial charge in [0.05, 0.1) is 6.54 Å². The first-order valence-electron chi connectivity index (χ1n) is 5.50. The minimum atomic E-state index is 0.333. The Balaban J connectivity index is 2.18. The second-order valence-corrected chi connectivity index (χ2v) is 4.14. The molecule has 0 amide bonds. The summed E-state index contributed by atoms with van der Waals surface area (Å²) in [5.74, 6) is 1.05. The minimum absolute atomic E-state index is 0.333. The molecule has 3 nitrogen and oxygen atoms in total. The van der Waals surface area contributed by atoms with E-state index in [0.29, 0.717) is 18.7 Å². The fourth-order valence-electron chi connectivity index (χ4n) is 1.85. The predicted octanol–water partition coefficient (Wildman–Crippen LogP) is 1.32. The van der Waals surface area contributed by atoms with Gasteiger partial charge in [-0.2, -0.15) is 0 Å². The van der Waals surface area contributed by atoms with Crippen molar-refractivity contribution in [2.24, 2.45) is 5.92 Å². The lowest BCUT2D eigenvalue weighted by atomic mass is 10.00. The number of nitrogens with zero attached hydrogens (tertiary/aromatic N) is 1. The van der Waals surface area contributed by atoms with E-state index in [-0.39, 0.29) is 0 Å². The lowest BCUT2D eigenvalue weighted by molar-refractivity contribution is -0.119. The van der Waals surface area contributed by atoms with E-state index < -0.39 is 0 Å². The monoisotopic (exact) mass is 199 g/mol. The molecule has 0 aromatic heterocycles. The largest absolute Gasteiger partial charge is 0.381 e. The Hall–Kier alpha value is -0.410. The highest BCUT2D eigenvalue weighted by molar-refractivity contribution is 5.80. The molecule has 1 aliphatic rings. The van der Waals surface area contributed by atoms with Crippen LogP contribution in [0.25, 0.3) is 0 Å². The molecule has 1 saturated heterocycles.